The van der Waals surface area contributed by atoms with Gasteiger partial charge in [0.1, 0.15) is 11.4 Å². The number of hydrogen-bond acceptors (Lipinski definition) is 6. The van der Waals surface area contributed by atoms with Gasteiger partial charge in [-0.05, 0) is 37.7 Å². The first-order valence-electron chi connectivity index (χ1n) is 11.4. The Hall–Kier alpha value is -3.08. The van der Waals surface area contributed by atoms with E-state index in [2.05, 4.69) is 27.4 Å². The van der Waals surface area contributed by atoms with Crippen LogP contribution in [-0.2, 0) is 0 Å². The first-order valence-corrected chi connectivity index (χ1v) is 11.4. The van der Waals surface area contributed by atoms with E-state index < -0.39 is 24.1 Å². The molecule has 5 rings (SSSR count). The van der Waals surface area contributed by atoms with E-state index in [1.54, 1.807) is 16.9 Å². The quantitative estimate of drug-likeness (QED) is 0.586. The van der Waals surface area contributed by atoms with Gasteiger partial charge in [0.25, 0.3) is 12.3 Å². The molecule has 0 atom stereocenters. The lowest BCUT2D eigenvalue weighted by molar-refractivity contribution is 0.102. The molecule has 11 heteroatoms. The molecule has 3 aromatic heterocycles. The van der Waals surface area contributed by atoms with Gasteiger partial charge in [0.15, 0.2) is 11.3 Å². The number of amides is 1. The Balaban J connectivity index is 1.37. The molecule has 1 aliphatic heterocycles. The molecule has 1 aliphatic carbocycles. The summed E-state index contributed by atoms with van der Waals surface area (Å²) < 4.78 is 30.5. The van der Waals surface area contributed by atoms with E-state index in [1.807, 2.05) is 4.90 Å². The van der Waals surface area contributed by atoms with Gasteiger partial charge in [0, 0.05) is 25.5 Å². The molecule has 1 saturated heterocycles. The minimum atomic E-state index is -2.81. The number of aliphatic hydroxyl groups excluding tert-OH is 1. The molecule has 0 bridgehead atoms. The van der Waals surface area contributed by atoms with Crippen molar-refractivity contribution in [3.05, 3.63) is 35.9 Å². The van der Waals surface area contributed by atoms with Gasteiger partial charge in [0.2, 0.25) is 0 Å². The Morgan fingerprint density at radius 3 is 2.70 bits per heavy atom. The smallest absolute Gasteiger partial charge is 0.284 e. The molecule has 2 fully saturated rings. The maximum absolute atomic E-state index is 13.7. The molecule has 1 amide bonds. The average Bonchev–Trinajstić information content (AvgIpc) is 3.41. The predicted molar refractivity (Wildman–Crippen MR) is 118 cm³/mol. The van der Waals surface area contributed by atoms with Crippen molar-refractivity contribution in [3.63, 3.8) is 0 Å². The lowest BCUT2D eigenvalue weighted by Crippen LogP contribution is -2.51. The molecule has 4 heterocycles. The summed E-state index contributed by atoms with van der Waals surface area (Å²) >= 11 is 0. The third kappa shape index (κ3) is 4.17. The molecule has 0 unspecified atom stereocenters. The Kier molecular flexibility index (Phi) is 5.73. The zero-order chi connectivity index (χ0) is 23.1. The molecule has 0 spiro atoms. The normalized spacial score (nSPS) is 21.5. The minimum absolute atomic E-state index is 0.00832. The maximum atomic E-state index is 13.7. The van der Waals surface area contributed by atoms with Gasteiger partial charge < -0.3 is 15.3 Å². The van der Waals surface area contributed by atoms with Crippen LogP contribution in [0.5, 0.6) is 0 Å². The number of aliphatic hydroxyl groups is 1. The Morgan fingerprint density at radius 2 is 2.03 bits per heavy atom. The van der Waals surface area contributed by atoms with Crippen LogP contribution in [0.2, 0.25) is 0 Å². The second-order valence-corrected chi connectivity index (χ2v) is 8.92. The second-order valence-electron chi connectivity index (χ2n) is 8.92. The number of anilines is 2. The van der Waals surface area contributed by atoms with E-state index in [1.165, 1.54) is 16.9 Å². The molecule has 0 aromatic carbocycles. The number of nitrogens with one attached hydrogen (secondary N) is 1. The monoisotopic (exact) mass is 459 g/mol. The summed E-state index contributed by atoms with van der Waals surface area (Å²) in [6, 6.07) is 1.81. The number of carbonyl (C=O) groups is 1. The fourth-order valence-corrected chi connectivity index (χ4v) is 4.70. The van der Waals surface area contributed by atoms with Crippen LogP contribution in [0.4, 0.5) is 20.3 Å². The van der Waals surface area contributed by atoms with Crippen LogP contribution >= 0.6 is 0 Å². The molecule has 0 radical (unpaired) electrons. The van der Waals surface area contributed by atoms with Crippen molar-refractivity contribution >= 4 is 23.1 Å². The molecule has 9 nitrogen and oxygen atoms in total. The number of aromatic nitrogens is 5. The topological polar surface area (TPSA) is 101 Å². The SMILES string of the molecule is CCC1CCC(n2cc(NC(=O)c3cnn4ccc(N5CC(O)C5)nc34)c(C(F)F)n2)CC1. The lowest BCUT2D eigenvalue weighted by atomic mass is 9.85. The standard InChI is InChI=1S/C22H27F2N7O2/c1-2-13-3-5-14(6-4-13)31-12-17(19(28-31)20(23)24)26-22(33)16-9-25-30-8-7-18(27-21(16)30)29-10-15(32)11-29/h7-9,12-15,20,32H,2-6,10-11H2,1H3,(H,26,33). The van der Waals surface area contributed by atoms with Gasteiger partial charge in [-0.25, -0.2) is 18.3 Å². The van der Waals surface area contributed by atoms with Gasteiger partial charge in [-0.15, -0.1) is 0 Å². The first-order chi connectivity index (χ1) is 15.9. The van der Waals surface area contributed by atoms with Gasteiger partial charge in [-0.1, -0.05) is 13.3 Å². The van der Waals surface area contributed by atoms with Crippen LogP contribution in [0, 0.1) is 5.92 Å². The van der Waals surface area contributed by atoms with Crippen LogP contribution in [0.3, 0.4) is 0 Å². The van der Waals surface area contributed by atoms with E-state index in [9.17, 15) is 18.7 Å². The second kappa shape index (κ2) is 8.69. The number of alkyl halides is 2. The lowest BCUT2D eigenvalue weighted by Gasteiger charge is -2.36. The van der Waals surface area contributed by atoms with Crippen molar-refractivity contribution in [2.24, 2.45) is 5.92 Å². The highest BCUT2D eigenvalue weighted by molar-refractivity contribution is 6.08. The average molecular weight is 460 g/mol. The summed E-state index contributed by atoms with van der Waals surface area (Å²) in [6.45, 7) is 3.11. The fraction of sp³-hybridized carbons (Fsp3) is 0.545. The number of carbonyl (C=O) groups excluding carboxylic acids is 1. The van der Waals surface area contributed by atoms with Crippen molar-refractivity contribution in [1.82, 2.24) is 24.4 Å². The van der Waals surface area contributed by atoms with E-state index in [4.69, 9.17) is 0 Å². The van der Waals surface area contributed by atoms with Crippen molar-refractivity contribution in [2.75, 3.05) is 23.3 Å². The van der Waals surface area contributed by atoms with Crippen molar-refractivity contribution in [3.8, 4) is 0 Å². The maximum Gasteiger partial charge on any atom is 0.284 e. The molecule has 1 saturated carbocycles. The number of hydrogen-bond donors (Lipinski definition) is 2. The van der Waals surface area contributed by atoms with Gasteiger partial charge in [-0.3, -0.25) is 9.48 Å². The molecule has 33 heavy (non-hydrogen) atoms. The summed E-state index contributed by atoms with van der Waals surface area (Å²) in [5.74, 6) is 0.721. The third-order valence-corrected chi connectivity index (χ3v) is 6.77. The number of β-amino-alcohol motifs (C(OH)–C–C–N with tert-alkyl or cyclic N) is 1. The third-order valence-electron chi connectivity index (χ3n) is 6.77. The summed E-state index contributed by atoms with van der Waals surface area (Å²) in [4.78, 5) is 19.4. The van der Waals surface area contributed by atoms with Gasteiger partial charge in [-0.2, -0.15) is 10.2 Å². The first kappa shape index (κ1) is 21.7. The van der Waals surface area contributed by atoms with E-state index >= 15 is 0 Å². The highest BCUT2D eigenvalue weighted by Gasteiger charge is 2.28. The molecular formula is C22H27F2N7O2. The number of nitrogens with zero attached hydrogens (tertiary/aromatic N) is 6. The zero-order valence-electron chi connectivity index (χ0n) is 18.4. The van der Waals surface area contributed by atoms with Crippen LogP contribution in [-0.4, -0.2) is 54.6 Å². The van der Waals surface area contributed by atoms with Gasteiger partial charge in [0.05, 0.1) is 24.0 Å². The molecule has 2 aliphatic rings. The van der Waals surface area contributed by atoms with Crippen molar-refractivity contribution in [2.45, 2.75) is 57.6 Å². The van der Waals surface area contributed by atoms with Crippen molar-refractivity contribution < 1.29 is 18.7 Å². The highest BCUT2D eigenvalue weighted by atomic mass is 19.3. The summed E-state index contributed by atoms with van der Waals surface area (Å²) in [6.07, 6.45) is 6.38. The largest absolute Gasteiger partial charge is 0.389 e. The summed E-state index contributed by atoms with van der Waals surface area (Å²) in [7, 11) is 0. The Labute approximate surface area is 189 Å². The summed E-state index contributed by atoms with van der Waals surface area (Å²) in [5.41, 5.74) is 0.0687. The molecular weight excluding hydrogens is 432 g/mol. The molecule has 3 aromatic rings. The van der Waals surface area contributed by atoms with Crippen LogP contribution < -0.4 is 10.2 Å². The molecule has 176 valence electrons. The van der Waals surface area contributed by atoms with E-state index in [0.29, 0.717) is 30.5 Å². The van der Waals surface area contributed by atoms with Crippen molar-refractivity contribution in [1.29, 1.82) is 0 Å². The number of rotatable bonds is 6. The van der Waals surface area contributed by atoms with Gasteiger partial charge >= 0.3 is 0 Å². The van der Waals surface area contributed by atoms with Crippen LogP contribution in [0.1, 0.15) is 67.5 Å². The molecule has 2 N–H and O–H groups in total. The number of halogens is 2. The predicted octanol–water partition coefficient (Wildman–Crippen LogP) is 3.44. The van der Waals surface area contributed by atoms with Crippen LogP contribution in [0.15, 0.2) is 24.7 Å². The number of fused-ring (bicyclic) bond motifs is 1. The zero-order valence-corrected chi connectivity index (χ0v) is 18.4. The van der Waals surface area contributed by atoms with E-state index in [0.717, 1.165) is 32.1 Å². The highest BCUT2D eigenvalue weighted by Crippen LogP contribution is 2.36. The van der Waals surface area contributed by atoms with E-state index in [-0.39, 0.29) is 17.3 Å². The Morgan fingerprint density at radius 1 is 1.27 bits per heavy atom. The fourth-order valence-electron chi connectivity index (χ4n) is 4.70. The minimum Gasteiger partial charge on any atom is -0.389 e. The summed E-state index contributed by atoms with van der Waals surface area (Å²) in [5, 5.41) is 20.4. The Bertz CT molecular complexity index is 1150. The van der Waals surface area contributed by atoms with Crippen LogP contribution in [0.25, 0.3) is 5.65 Å².